The summed E-state index contributed by atoms with van der Waals surface area (Å²) >= 11 is 1.27. The van der Waals surface area contributed by atoms with Gasteiger partial charge in [-0.3, -0.25) is 14.9 Å². The molecule has 162 valence electrons. The normalized spacial score (nSPS) is 11.8. The number of pyridine rings is 1. The van der Waals surface area contributed by atoms with Gasteiger partial charge in [-0.15, -0.1) is 11.3 Å². The van der Waals surface area contributed by atoms with Crippen LogP contribution in [0, 0.1) is 0 Å². The van der Waals surface area contributed by atoms with Gasteiger partial charge >= 0.3 is 5.97 Å². The minimum atomic E-state index is -1.03. The molecule has 0 saturated carbocycles. The first kappa shape index (κ1) is 21.5. The topological polar surface area (TPSA) is 90.3 Å². The van der Waals surface area contributed by atoms with Gasteiger partial charge in [0, 0.05) is 29.6 Å². The highest BCUT2D eigenvalue weighted by Crippen LogP contribution is 2.31. The molecule has 1 amide bonds. The SMILES string of the molecule is CCC(OC(=O)c1c(-c2ccccc2)c2ccccc2c(=O)n1C)C(=O)Nc1nccs1. The van der Waals surface area contributed by atoms with Crippen molar-refractivity contribution in [3.8, 4) is 11.1 Å². The number of carbonyl (C=O) groups excluding carboxylic acids is 2. The summed E-state index contributed by atoms with van der Waals surface area (Å²) in [6.45, 7) is 1.75. The summed E-state index contributed by atoms with van der Waals surface area (Å²) < 4.78 is 6.90. The van der Waals surface area contributed by atoms with E-state index in [1.54, 1.807) is 30.6 Å². The largest absolute Gasteiger partial charge is 0.448 e. The van der Waals surface area contributed by atoms with Crippen LogP contribution >= 0.6 is 11.3 Å². The van der Waals surface area contributed by atoms with Gasteiger partial charge in [-0.05, 0) is 23.4 Å². The van der Waals surface area contributed by atoms with E-state index in [1.165, 1.54) is 23.0 Å². The molecule has 8 heteroatoms. The molecule has 4 aromatic rings. The van der Waals surface area contributed by atoms with Crippen molar-refractivity contribution in [2.24, 2.45) is 7.05 Å². The van der Waals surface area contributed by atoms with Gasteiger partial charge in [-0.25, -0.2) is 9.78 Å². The Balaban J connectivity index is 1.79. The Morgan fingerprint density at radius 1 is 1.09 bits per heavy atom. The lowest BCUT2D eigenvalue weighted by Gasteiger charge is -2.20. The maximum Gasteiger partial charge on any atom is 0.356 e. The molecule has 0 bridgehead atoms. The van der Waals surface area contributed by atoms with Crippen LogP contribution in [-0.4, -0.2) is 27.5 Å². The fraction of sp³-hybridized carbons (Fsp3) is 0.167. The Hall–Kier alpha value is -3.78. The number of benzene rings is 2. The fourth-order valence-corrected chi connectivity index (χ4v) is 4.11. The minimum Gasteiger partial charge on any atom is -0.448 e. The number of thiazole rings is 1. The number of nitrogens with zero attached hydrogens (tertiary/aromatic N) is 2. The summed E-state index contributed by atoms with van der Waals surface area (Å²) in [6.07, 6.45) is 0.812. The van der Waals surface area contributed by atoms with E-state index < -0.39 is 18.0 Å². The first-order chi connectivity index (χ1) is 15.5. The first-order valence-corrected chi connectivity index (χ1v) is 11.0. The van der Waals surface area contributed by atoms with Crippen molar-refractivity contribution in [2.45, 2.75) is 19.4 Å². The molecule has 32 heavy (non-hydrogen) atoms. The summed E-state index contributed by atoms with van der Waals surface area (Å²) in [6, 6.07) is 16.5. The van der Waals surface area contributed by atoms with Gasteiger partial charge in [0.25, 0.3) is 11.5 Å². The summed E-state index contributed by atoms with van der Waals surface area (Å²) in [7, 11) is 1.54. The van der Waals surface area contributed by atoms with Gasteiger partial charge in [-0.2, -0.15) is 0 Å². The predicted molar refractivity (Wildman–Crippen MR) is 125 cm³/mol. The number of anilines is 1. The molecule has 2 heterocycles. The Morgan fingerprint density at radius 3 is 2.44 bits per heavy atom. The Kier molecular flexibility index (Phi) is 6.13. The summed E-state index contributed by atoms with van der Waals surface area (Å²) in [5.41, 5.74) is 1.14. The second-order valence-electron chi connectivity index (χ2n) is 7.13. The monoisotopic (exact) mass is 447 g/mol. The number of aromatic nitrogens is 2. The van der Waals surface area contributed by atoms with Crippen LogP contribution in [0.25, 0.3) is 21.9 Å². The maximum absolute atomic E-state index is 13.4. The zero-order valence-corrected chi connectivity index (χ0v) is 18.4. The summed E-state index contributed by atoms with van der Waals surface area (Å²) in [5.74, 6) is -1.21. The zero-order chi connectivity index (χ0) is 22.7. The van der Waals surface area contributed by atoms with E-state index >= 15 is 0 Å². The highest BCUT2D eigenvalue weighted by atomic mass is 32.1. The Morgan fingerprint density at radius 2 is 1.78 bits per heavy atom. The lowest BCUT2D eigenvalue weighted by molar-refractivity contribution is -0.124. The molecule has 0 radical (unpaired) electrons. The molecule has 0 saturated heterocycles. The van der Waals surface area contributed by atoms with Gasteiger partial charge in [0.05, 0.1) is 0 Å². The third-order valence-electron chi connectivity index (χ3n) is 5.13. The smallest absolute Gasteiger partial charge is 0.356 e. The number of fused-ring (bicyclic) bond motifs is 1. The highest BCUT2D eigenvalue weighted by molar-refractivity contribution is 7.13. The third-order valence-corrected chi connectivity index (χ3v) is 5.82. The number of rotatable bonds is 6. The lowest BCUT2D eigenvalue weighted by atomic mass is 9.97. The molecule has 0 aliphatic rings. The quantitative estimate of drug-likeness (QED) is 0.447. The molecule has 4 rings (SSSR count). The van der Waals surface area contributed by atoms with E-state index in [1.807, 2.05) is 42.5 Å². The van der Waals surface area contributed by atoms with Gasteiger partial charge < -0.3 is 9.30 Å². The number of amides is 1. The number of ether oxygens (including phenoxy) is 1. The predicted octanol–water partition coefficient (Wildman–Crippen LogP) is 4.24. The minimum absolute atomic E-state index is 0.0976. The second kappa shape index (κ2) is 9.15. The van der Waals surface area contributed by atoms with E-state index in [4.69, 9.17) is 4.74 Å². The van der Waals surface area contributed by atoms with Gasteiger partial charge in [0.1, 0.15) is 5.69 Å². The molecule has 1 unspecified atom stereocenters. The molecule has 0 aliphatic carbocycles. The molecule has 1 N–H and O–H groups in total. The van der Waals surface area contributed by atoms with Crippen molar-refractivity contribution in [2.75, 3.05) is 5.32 Å². The first-order valence-electron chi connectivity index (χ1n) is 10.1. The van der Waals surface area contributed by atoms with Crippen LogP contribution in [0.15, 0.2) is 71.0 Å². The van der Waals surface area contributed by atoms with Gasteiger partial charge in [0.2, 0.25) is 0 Å². The van der Waals surface area contributed by atoms with E-state index in [2.05, 4.69) is 10.3 Å². The van der Waals surface area contributed by atoms with E-state index in [0.717, 1.165) is 5.56 Å². The van der Waals surface area contributed by atoms with Crippen LogP contribution < -0.4 is 10.9 Å². The number of esters is 1. The van der Waals surface area contributed by atoms with E-state index in [9.17, 15) is 14.4 Å². The van der Waals surface area contributed by atoms with Crippen LogP contribution in [0.5, 0.6) is 0 Å². The van der Waals surface area contributed by atoms with E-state index in [0.29, 0.717) is 21.5 Å². The number of hydrogen-bond donors (Lipinski definition) is 1. The van der Waals surface area contributed by atoms with Crippen molar-refractivity contribution in [3.63, 3.8) is 0 Å². The van der Waals surface area contributed by atoms with Crippen LogP contribution in [0.2, 0.25) is 0 Å². The van der Waals surface area contributed by atoms with Crippen molar-refractivity contribution in [1.29, 1.82) is 0 Å². The number of nitrogens with one attached hydrogen (secondary N) is 1. The van der Waals surface area contributed by atoms with Crippen molar-refractivity contribution in [3.05, 3.63) is 82.2 Å². The molecule has 2 aromatic carbocycles. The fourth-order valence-electron chi connectivity index (χ4n) is 3.58. The molecular weight excluding hydrogens is 426 g/mol. The van der Waals surface area contributed by atoms with Crippen LogP contribution in [-0.2, 0) is 16.6 Å². The standard InChI is InChI=1S/C24H21N3O4S/c1-3-18(21(28)26-24-25-13-14-32-24)31-23(30)20-19(15-9-5-4-6-10-15)16-11-7-8-12-17(16)22(29)27(20)2/h4-14,18H,3H2,1-2H3,(H,25,26,28). The van der Waals surface area contributed by atoms with Crippen LogP contribution in [0.4, 0.5) is 5.13 Å². The van der Waals surface area contributed by atoms with Crippen LogP contribution in [0.1, 0.15) is 23.8 Å². The molecule has 7 nitrogen and oxygen atoms in total. The molecule has 1 atom stereocenters. The summed E-state index contributed by atoms with van der Waals surface area (Å²) in [5, 5.41) is 5.96. The van der Waals surface area contributed by atoms with Gasteiger partial charge in [0.15, 0.2) is 11.2 Å². The Labute approximate surface area is 188 Å². The van der Waals surface area contributed by atoms with Crippen molar-refractivity contribution in [1.82, 2.24) is 9.55 Å². The molecule has 0 spiro atoms. The Bertz CT molecular complexity index is 1330. The molecule has 0 fully saturated rings. The lowest BCUT2D eigenvalue weighted by Crippen LogP contribution is -2.34. The third kappa shape index (κ3) is 4.04. The highest BCUT2D eigenvalue weighted by Gasteiger charge is 2.28. The van der Waals surface area contributed by atoms with Crippen LogP contribution in [0.3, 0.4) is 0 Å². The maximum atomic E-state index is 13.4. The average Bonchev–Trinajstić information content (AvgIpc) is 3.33. The molecule has 2 aromatic heterocycles. The molecule has 0 aliphatic heterocycles. The molecular formula is C24H21N3O4S. The zero-order valence-electron chi connectivity index (χ0n) is 17.6. The number of carbonyl (C=O) groups is 2. The average molecular weight is 448 g/mol. The van der Waals surface area contributed by atoms with Crippen molar-refractivity contribution < 1.29 is 14.3 Å². The summed E-state index contributed by atoms with van der Waals surface area (Å²) in [4.78, 5) is 43.0. The van der Waals surface area contributed by atoms with Crippen molar-refractivity contribution >= 4 is 39.1 Å². The van der Waals surface area contributed by atoms with E-state index in [-0.39, 0.29) is 17.7 Å². The van der Waals surface area contributed by atoms with Gasteiger partial charge in [-0.1, -0.05) is 55.5 Å². The number of hydrogen-bond acceptors (Lipinski definition) is 6. The second-order valence-corrected chi connectivity index (χ2v) is 8.02.